The number of hydrogen-bond donors (Lipinski definition) is 1. The van der Waals surface area contributed by atoms with Crippen molar-refractivity contribution in [3.05, 3.63) is 36.0 Å². The number of alkyl halides is 2. The molecule has 1 heterocycles. The molecule has 0 aliphatic heterocycles. The Morgan fingerprint density at radius 3 is 2.61 bits per heavy atom. The summed E-state index contributed by atoms with van der Waals surface area (Å²) in [5, 5.41) is 9.76. The third kappa shape index (κ3) is 1.14. The number of carboxylic acids is 1. The maximum Gasteiger partial charge on any atom is 0.320 e. The molecule has 0 bridgehead atoms. The largest absolute Gasteiger partial charge is 0.480 e. The number of nitrogens with zero attached hydrogens (tertiary/aromatic N) is 1. The third-order valence-electron chi connectivity index (χ3n) is 3.74. The number of carbonyl (C=O) groups is 1. The van der Waals surface area contributed by atoms with Crippen LogP contribution in [0.25, 0.3) is 10.9 Å². The van der Waals surface area contributed by atoms with Crippen molar-refractivity contribution in [3.8, 4) is 0 Å². The average Bonchev–Trinajstić information content (AvgIpc) is 2.70. The third-order valence-corrected chi connectivity index (χ3v) is 3.74. The van der Waals surface area contributed by atoms with Crippen LogP contribution < -0.4 is 0 Å². The predicted molar refractivity (Wildman–Crippen MR) is 61.8 cm³/mol. The minimum atomic E-state index is -3.16. The molecule has 2 aromatic rings. The van der Waals surface area contributed by atoms with Crippen molar-refractivity contribution in [2.75, 3.05) is 0 Å². The topological polar surface area (TPSA) is 42.2 Å². The number of carboxylic acid groups (broad SMARTS) is 1. The van der Waals surface area contributed by atoms with Gasteiger partial charge >= 0.3 is 5.97 Å². The van der Waals surface area contributed by atoms with Crippen LogP contribution in [0.3, 0.4) is 0 Å². The number of rotatable bonds is 2. The first kappa shape index (κ1) is 11.2. The minimum Gasteiger partial charge on any atom is -0.480 e. The highest BCUT2D eigenvalue weighted by atomic mass is 19.3. The Balaban J connectivity index is 2.30. The summed E-state index contributed by atoms with van der Waals surface area (Å²) in [5.74, 6) is -4.62. The number of aliphatic carboxylic acids is 1. The van der Waals surface area contributed by atoms with Crippen LogP contribution in [0.5, 0.6) is 0 Å². The molecule has 1 aliphatic carbocycles. The van der Waals surface area contributed by atoms with E-state index in [-0.39, 0.29) is 5.56 Å². The van der Waals surface area contributed by atoms with Gasteiger partial charge in [0.1, 0.15) is 0 Å². The van der Waals surface area contributed by atoms with Gasteiger partial charge in [-0.25, -0.2) is 8.78 Å². The van der Waals surface area contributed by atoms with E-state index in [1.54, 1.807) is 36.0 Å². The second kappa shape index (κ2) is 3.10. The van der Waals surface area contributed by atoms with E-state index in [0.29, 0.717) is 5.39 Å². The van der Waals surface area contributed by atoms with Crippen LogP contribution in [0, 0.1) is 0 Å². The van der Waals surface area contributed by atoms with Gasteiger partial charge in [-0.05, 0) is 17.7 Å². The highest BCUT2D eigenvalue weighted by Gasteiger charge is 2.77. The van der Waals surface area contributed by atoms with Crippen molar-refractivity contribution in [3.63, 3.8) is 0 Å². The number of hydrogen-bond acceptors (Lipinski definition) is 1. The van der Waals surface area contributed by atoms with Crippen molar-refractivity contribution in [2.45, 2.75) is 17.8 Å². The second-order valence-corrected chi connectivity index (χ2v) is 4.76. The lowest BCUT2D eigenvalue weighted by Crippen LogP contribution is -2.27. The van der Waals surface area contributed by atoms with Gasteiger partial charge in [0.15, 0.2) is 5.41 Å². The molecule has 3 nitrogen and oxygen atoms in total. The zero-order valence-electron chi connectivity index (χ0n) is 9.65. The molecule has 1 aromatic carbocycles. The maximum atomic E-state index is 13.5. The number of fused-ring (bicyclic) bond motifs is 1. The molecule has 0 amide bonds. The second-order valence-electron chi connectivity index (χ2n) is 4.76. The van der Waals surface area contributed by atoms with Crippen LogP contribution in [0.4, 0.5) is 8.78 Å². The SMILES string of the molecule is Cn1ccc2c(C3(C(=O)O)CC3(F)F)cccc21. The van der Waals surface area contributed by atoms with Crippen molar-refractivity contribution in [2.24, 2.45) is 7.05 Å². The minimum absolute atomic E-state index is 0.207. The smallest absolute Gasteiger partial charge is 0.320 e. The Labute approximate surface area is 102 Å². The molecule has 5 heteroatoms. The summed E-state index contributed by atoms with van der Waals surface area (Å²) in [7, 11) is 1.80. The lowest BCUT2D eigenvalue weighted by Gasteiger charge is -2.13. The zero-order valence-corrected chi connectivity index (χ0v) is 9.65. The fourth-order valence-electron chi connectivity index (χ4n) is 2.60. The van der Waals surface area contributed by atoms with Crippen molar-refractivity contribution >= 4 is 16.9 Å². The molecule has 1 N–H and O–H groups in total. The van der Waals surface area contributed by atoms with Gasteiger partial charge in [-0.1, -0.05) is 12.1 Å². The molecular weight excluding hydrogens is 240 g/mol. The molecule has 0 spiro atoms. The van der Waals surface area contributed by atoms with Crippen molar-refractivity contribution in [1.29, 1.82) is 0 Å². The molecule has 1 unspecified atom stereocenters. The molecule has 94 valence electrons. The zero-order chi connectivity index (χ0) is 13.1. The molecule has 1 saturated carbocycles. The monoisotopic (exact) mass is 251 g/mol. The first-order valence-electron chi connectivity index (χ1n) is 5.56. The molecule has 1 aromatic heterocycles. The highest BCUT2D eigenvalue weighted by Crippen LogP contribution is 2.62. The summed E-state index contributed by atoms with van der Waals surface area (Å²) in [6.45, 7) is 0. The number of aryl methyl sites for hydroxylation is 1. The van der Waals surface area contributed by atoms with E-state index in [0.717, 1.165) is 5.52 Å². The van der Waals surface area contributed by atoms with Gasteiger partial charge in [-0.15, -0.1) is 0 Å². The number of aromatic nitrogens is 1. The van der Waals surface area contributed by atoms with E-state index in [4.69, 9.17) is 0 Å². The first-order chi connectivity index (χ1) is 8.40. The molecule has 0 saturated heterocycles. The standard InChI is InChI=1S/C13H11F2NO2/c1-16-6-5-8-9(3-2-4-10(8)16)12(11(17)18)7-13(12,14)15/h2-6H,7H2,1H3,(H,17,18). The van der Waals surface area contributed by atoms with Gasteiger partial charge < -0.3 is 9.67 Å². The van der Waals surface area contributed by atoms with Crippen LogP contribution in [0.2, 0.25) is 0 Å². The maximum absolute atomic E-state index is 13.5. The molecule has 1 atom stereocenters. The highest BCUT2D eigenvalue weighted by molar-refractivity contribution is 5.96. The van der Waals surface area contributed by atoms with Gasteiger partial charge in [0, 0.05) is 30.6 Å². The lowest BCUT2D eigenvalue weighted by atomic mass is 9.92. The molecule has 0 radical (unpaired) electrons. The van der Waals surface area contributed by atoms with Crippen LogP contribution in [-0.4, -0.2) is 21.6 Å². The first-order valence-corrected chi connectivity index (χ1v) is 5.56. The summed E-state index contributed by atoms with van der Waals surface area (Å²) >= 11 is 0. The summed E-state index contributed by atoms with van der Waals surface area (Å²) in [4.78, 5) is 11.3. The van der Waals surface area contributed by atoms with E-state index in [1.165, 1.54) is 6.07 Å². The predicted octanol–water partition coefficient (Wildman–Crippen LogP) is 2.54. The van der Waals surface area contributed by atoms with Gasteiger partial charge in [-0.3, -0.25) is 4.79 Å². The van der Waals surface area contributed by atoms with Crippen molar-refractivity contribution < 1.29 is 18.7 Å². The molecular formula is C13H11F2NO2. The van der Waals surface area contributed by atoms with Gasteiger partial charge in [-0.2, -0.15) is 0 Å². The molecule has 3 rings (SSSR count). The Hall–Kier alpha value is -1.91. The van der Waals surface area contributed by atoms with Crippen LogP contribution in [0.1, 0.15) is 12.0 Å². The molecule has 18 heavy (non-hydrogen) atoms. The van der Waals surface area contributed by atoms with Crippen LogP contribution >= 0.6 is 0 Å². The van der Waals surface area contributed by atoms with E-state index in [9.17, 15) is 18.7 Å². The van der Waals surface area contributed by atoms with Gasteiger partial charge in [0.25, 0.3) is 5.92 Å². The van der Waals surface area contributed by atoms with Crippen molar-refractivity contribution in [1.82, 2.24) is 4.57 Å². The lowest BCUT2D eigenvalue weighted by molar-refractivity contribution is -0.142. The Morgan fingerprint density at radius 2 is 2.06 bits per heavy atom. The summed E-state index contributed by atoms with van der Waals surface area (Å²) < 4.78 is 28.9. The summed E-state index contributed by atoms with van der Waals surface area (Å²) in [6.07, 6.45) is 1.12. The fourth-order valence-corrected chi connectivity index (χ4v) is 2.60. The Bertz CT molecular complexity index is 662. The molecule has 1 fully saturated rings. The van der Waals surface area contributed by atoms with Crippen LogP contribution in [-0.2, 0) is 17.3 Å². The summed E-state index contributed by atoms with van der Waals surface area (Å²) in [6, 6.07) is 6.58. The Kier molecular flexibility index (Phi) is 1.93. The average molecular weight is 251 g/mol. The van der Waals surface area contributed by atoms with E-state index in [2.05, 4.69) is 0 Å². The number of benzene rings is 1. The Morgan fingerprint density at radius 1 is 1.39 bits per heavy atom. The van der Waals surface area contributed by atoms with Gasteiger partial charge in [0.2, 0.25) is 0 Å². The van der Waals surface area contributed by atoms with Crippen LogP contribution in [0.15, 0.2) is 30.5 Å². The van der Waals surface area contributed by atoms with E-state index < -0.39 is 23.7 Å². The van der Waals surface area contributed by atoms with Gasteiger partial charge in [0.05, 0.1) is 0 Å². The van der Waals surface area contributed by atoms with E-state index >= 15 is 0 Å². The fraction of sp³-hybridized carbons (Fsp3) is 0.308. The quantitative estimate of drug-likeness (QED) is 0.891. The van der Waals surface area contributed by atoms with E-state index in [1.807, 2.05) is 0 Å². The molecule has 1 aliphatic rings. The number of halogens is 2. The summed E-state index contributed by atoms with van der Waals surface area (Å²) in [5.41, 5.74) is -1.08. The normalized spacial score (nSPS) is 25.3.